The fourth-order valence-electron chi connectivity index (χ4n) is 3.18. The summed E-state index contributed by atoms with van der Waals surface area (Å²) in [6.45, 7) is 5.31. The second-order valence-corrected chi connectivity index (χ2v) is 6.54. The Hall–Kier alpha value is -2.34. The Morgan fingerprint density at radius 1 is 1.32 bits per heavy atom. The Morgan fingerprint density at radius 3 is 2.80 bits per heavy atom. The van der Waals surface area contributed by atoms with Crippen LogP contribution in [-0.4, -0.2) is 52.0 Å². The molecule has 1 aliphatic rings. The zero-order valence-corrected chi connectivity index (χ0v) is 15.2. The minimum absolute atomic E-state index is 0.133. The minimum atomic E-state index is 0.133. The summed E-state index contributed by atoms with van der Waals surface area (Å²) >= 11 is 0. The molecule has 1 amide bonds. The molecule has 2 aromatic rings. The van der Waals surface area contributed by atoms with Gasteiger partial charge in [-0.25, -0.2) is 4.98 Å². The van der Waals surface area contributed by atoms with E-state index >= 15 is 0 Å². The van der Waals surface area contributed by atoms with Crippen LogP contribution in [0.5, 0.6) is 5.75 Å². The molecule has 0 unspecified atom stereocenters. The lowest BCUT2D eigenvalue weighted by molar-refractivity contribution is -0.131. The zero-order chi connectivity index (χ0) is 17.8. The van der Waals surface area contributed by atoms with Crippen molar-refractivity contribution in [2.24, 2.45) is 7.05 Å². The van der Waals surface area contributed by atoms with Crippen LogP contribution in [0.25, 0.3) is 0 Å². The van der Waals surface area contributed by atoms with Crippen molar-refractivity contribution in [3.63, 3.8) is 0 Å². The first kappa shape index (κ1) is 17.5. The van der Waals surface area contributed by atoms with Gasteiger partial charge in [-0.1, -0.05) is 12.1 Å². The number of amides is 1. The average Bonchev–Trinajstić information content (AvgIpc) is 2.97. The summed E-state index contributed by atoms with van der Waals surface area (Å²) in [4.78, 5) is 20.9. The van der Waals surface area contributed by atoms with E-state index in [1.54, 1.807) is 4.90 Å². The predicted molar refractivity (Wildman–Crippen MR) is 96.3 cm³/mol. The van der Waals surface area contributed by atoms with Gasteiger partial charge in [0, 0.05) is 45.8 Å². The van der Waals surface area contributed by atoms with Gasteiger partial charge in [-0.15, -0.1) is 0 Å². The lowest BCUT2D eigenvalue weighted by Crippen LogP contribution is -2.40. The molecule has 3 rings (SSSR count). The highest BCUT2D eigenvalue weighted by atomic mass is 16.5. The normalized spacial score (nSPS) is 14.2. The standard InChI is InChI=1S/C19H26N4O2/c1-4-25-16-7-5-15(6-8-16)11-21(2)19(24)13-23-10-9-18-17(12-23)20-14-22(18)3/h5-8,14H,4,9-13H2,1-3H3. The molecular weight excluding hydrogens is 316 g/mol. The molecule has 2 heterocycles. The van der Waals surface area contributed by atoms with E-state index in [9.17, 15) is 4.79 Å². The lowest BCUT2D eigenvalue weighted by Gasteiger charge is -2.28. The fourth-order valence-corrected chi connectivity index (χ4v) is 3.18. The maximum atomic E-state index is 12.5. The van der Waals surface area contributed by atoms with Crippen LogP contribution >= 0.6 is 0 Å². The number of likely N-dealkylation sites (N-methyl/N-ethyl adjacent to an activating group) is 1. The number of nitrogens with zero attached hydrogens (tertiary/aromatic N) is 4. The average molecular weight is 342 g/mol. The summed E-state index contributed by atoms with van der Waals surface area (Å²) in [5.74, 6) is 0.993. The molecule has 0 aliphatic carbocycles. The minimum Gasteiger partial charge on any atom is -0.494 e. The van der Waals surface area contributed by atoms with Crippen molar-refractivity contribution in [2.75, 3.05) is 26.7 Å². The monoisotopic (exact) mass is 342 g/mol. The van der Waals surface area contributed by atoms with Crippen LogP contribution in [0.3, 0.4) is 0 Å². The zero-order valence-electron chi connectivity index (χ0n) is 15.2. The van der Waals surface area contributed by atoms with Crippen LogP contribution in [0, 0.1) is 0 Å². The van der Waals surface area contributed by atoms with Gasteiger partial charge in [0.2, 0.25) is 5.91 Å². The van der Waals surface area contributed by atoms with Gasteiger partial charge >= 0.3 is 0 Å². The smallest absolute Gasteiger partial charge is 0.236 e. The molecule has 0 radical (unpaired) electrons. The van der Waals surface area contributed by atoms with Crippen molar-refractivity contribution in [3.8, 4) is 5.75 Å². The summed E-state index contributed by atoms with van der Waals surface area (Å²) in [7, 11) is 3.88. The molecule has 0 spiro atoms. The van der Waals surface area contributed by atoms with Crippen LogP contribution in [0.4, 0.5) is 0 Å². The Morgan fingerprint density at radius 2 is 2.08 bits per heavy atom. The van der Waals surface area contributed by atoms with E-state index in [4.69, 9.17) is 4.74 Å². The second-order valence-electron chi connectivity index (χ2n) is 6.54. The van der Waals surface area contributed by atoms with E-state index in [0.29, 0.717) is 19.7 Å². The van der Waals surface area contributed by atoms with Gasteiger partial charge in [-0.3, -0.25) is 9.69 Å². The SMILES string of the molecule is CCOc1ccc(CN(C)C(=O)CN2CCc3c(ncn3C)C2)cc1. The van der Waals surface area contributed by atoms with Crippen molar-refractivity contribution in [2.45, 2.75) is 26.4 Å². The van der Waals surface area contributed by atoms with Gasteiger partial charge in [0.05, 0.1) is 25.2 Å². The predicted octanol–water partition coefficient (Wildman–Crippen LogP) is 1.84. The lowest BCUT2D eigenvalue weighted by atomic mass is 10.1. The van der Waals surface area contributed by atoms with Gasteiger partial charge in [0.1, 0.15) is 5.75 Å². The van der Waals surface area contributed by atoms with E-state index in [1.807, 2.05) is 51.6 Å². The summed E-state index contributed by atoms with van der Waals surface area (Å²) in [6, 6.07) is 7.92. The number of rotatable bonds is 6. The molecule has 0 fully saturated rings. The van der Waals surface area contributed by atoms with E-state index in [-0.39, 0.29) is 5.91 Å². The maximum absolute atomic E-state index is 12.5. The molecule has 0 saturated heterocycles. The van der Waals surface area contributed by atoms with Crippen molar-refractivity contribution in [1.29, 1.82) is 0 Å². The summed E-state index contributed by atoms with van der Waals surface area (Å²) in [6.07, 6.45) is 2.80. The molecule has 0 saturated carbocycles. The molecule has 134 valence electrons. The molecule has 6 heteroatoms. The van der Waals surface area contributed by atoms with E-state index in [1.165, 1.54) is 5.69 Å². The van der Waals surface area contributed by atoms with Gasteiger partial charge in [0.15, 0.2) is 0 Å². The first-order chi connectivity index (χ1) is 12.1. The van der Waals surface area contributed by atoms with Crippen LogP contribution in [-0.2, 0) is 31.4 Å². The summed E-state index contributed by atoms with van der Waals surface area (Å²) < 4.78 is 7.53. The maximum Gasteiger partial charge on any atom is 0.236 e. The quantitative estimate of drug-likeness (QED) is 0.804. The first-order valence-corrected chi connectivity index (χ1v) is 8.74. The molecular formula is C19H26N4O2. The van der Waals surface area contributed by atoms with Crippen molar-refractivity contribution in [1.82, 2.24) is 19.4 Å². The molecule has 0 bridgehead atoms. The molecule has 0 atom stereocenters. The summed E-state index contributed by atoms with van der Waals surface area (Å²) in [5.41, 5.74) is 3.48. The summed E-state index contributed by atoms with van der Waals surface area (Å²) in [5, 5.41) is 0. The largest absolute Gasteiger partial charge is 0.494 e. The van der Waals surface area contributed by atoms with E-state index < -0.39 is 0 Å². The number of carbonyl (C=O) groups is 1. The van der Waals surface area contributed by atoms with Crippen molar-refractivity contribution in [3.05, 3.63) is 47.5 Å². The van der Waals surface area contributed by atoms with Crippen LogP contribution in [0.2, 0.25) is 0 Å². The number of hydrogen-bond acceptors (Lipinski definition) is 4. The molecule has 25 heavy (non-hydrogen) atoms. The van der Waals surface area contributed by atoms with Gasteiger partial charge < -0.3 is 14.2 Å². The Labute approximate surface area is 149 Å². The molecule has 1 aliphatic heterocycles. The third kappa shape index (κ3) is 4.20. The van der Waals surface area contributed by atoms with Crippen LogP contribution in [0.1, 0.15) is 23.9 Å². The number of fused-ring (bicyclic) bond motifs is 1. The number of hydrogen-bond donors (Lipinski definition) is 0. The number of ether oxygens (including phenoxy) is 1. The molecule has 1 aromatic carbocycles. The fraction of sp³-hybridized carbons (Fsp3) is 0.474. The third-order valence-electron chi connectivity index (χ3n) is 4.62. The highest BCUT2D eigenvalue weighted by Gasteiger charge is 2.22. The van der Waals surface area contributed by atoms with Crippen molar-refractivity contribution >= 4 is 5.91 Å². The highest BCUT2D eigenvalue weighted by Crippen LogP contribution is 2.17. The number of imidazole rings is 1. The second kappa shape index (κ2) is 7.70. The van der Waals surface area contributed by atoms with E-state index in [2.05, 4.69) is 14.5 Å². The van der Waals surface area contributed by atoms with Gasteiger partial charge in [-0.2, -0.15) is 0 Å². The van der Waals surface area contributed by atoms with E-state index in [0.717, 1.165) is 36.5 Å². The third-order valence-corrected chi connectivity index (χ3v) is 4.62. The van der Waals surface area contributed by atoms with Gasteiger partial charge in [-0.05, 0) is 24.6 Å². The topological polar surface area (TPSA) is 50.6 Å². The Balaban J connectivity index is 1.52. The van der Waals surface area contributed by atoms with Crippen molar-refractivity contribution < 1.29 is 9.53 Å². The number of carbonyl (C=O) groups excluding carboxylic acids is 1. The van der Waals surface area contributed by atoms with Crippen LogP contribution < -0.4 is 4.74 Å². The number of aromatic nitrogens is 2. The number of benzene rings is 1. The first-order valence-electron chi connectivity index (χ1n) is 8.74. The molecule has 0 N–H and O–H groups in total. The number of aryl methyl sites for hydroxylation is 1. The van der Waals surface area contributed by atoms with Crippen LogP contribution in [0.15, 0.2) is 30.6 Å². The Bertz CT molecular complexity index is 724. The Kier molecular flexibility index (Phi) is 5.38. The molecule has 1 aromatic heterocycles. The highest BCUT2D eigenvalue weighted by molar-refractivity contribution is 5.78. The molecule has 6 nitrogen and oxygen atoms in total. The van der Waals surface area contributed by atoms with Gasteiger partial charge in [0.25, 0.3) is 0 Å².